The number of carbonyl (C=O) groups is 1. The molecule has 0 radical (unpaired) electrons. The molecule has 3 aliphatic rings. The summed E-state index contributed by atoms with van der Waals surface area (Å²) in [6.07, 6.45) is 11.6. The molecule has 0 spiro atoms. The molecule has 0 amide bonds. The first-order valence-corrected chi connectivity index (χ1v) is 10.1. The summed E-state index contributed by atoms with van der Waals surface area (Å²) in [5.41, 5.74) is 1.24. The van der Waals surface area contributed by atoms with Crippen molar-refractivity contribution in [3.63, 3.8) is 0 Å². The molecule has 1 aromatic rings. The Balaban J connectivity index is 1.69. The van der Waals surface area contributed by atoms with E-state index in [2.05, 4.69) is 56.8 Å². The van der Waals surface area contributed by atoms with E-state index in [4.69, 9.17) is 4.74 Å². The van der Waals surface area contributed by atoms with Crippen LogP contribution in [0, 0.1) is 48.3 Å². The van der Waals surface area contributed by atoms with Crippen LogP contribution in [0.4, 0.5) is 0 Å². The second-order valence-electron chi connectivity index (χ2n) is 8.71. The van der Waals surface area contributed by atoms with Gasteiger partial charge in [-0.15, -0.1) is 6.58 Å². The van der Waals surface area contributed by atoms with E-state index in [-0.39, 0.29) is 23.9 Å². The van der Waals surface area contributed by atoms with Crippen LogP contribution in [0.3, 0.4) is 0 Å². The fourth-order valence-electron chi connectivity index (χ4n) is 5.83. The Bertz CT molecular complexity index is 689. The van der Waals surface area contributed by atoms with Crippen LogP contribution in [0.15, 0.2) is 49.1 Å². The molecule has 0 aromatic heterocycles. The minimum Gasteiger partial charge on any atom is -0.490 e. The predicted octanol–water partition coefficient (Wildman–Crippen LogP) is 5.23. The van der Waals surface area contributed by atoms with E-state index in [1.54, 1.807) is 0 Å². The first kappa shape index (κ1) is 17.6. The number of carbonyl (C=O) groups excluding carboxylic acids is 1. The van der Waals surface area contributed by atoms with Crippen molar-refractivity contribution < 1.29 is 9.53 Å². The highest BCUT2D eigenvalue weighted by Gasteiger charge is 2.56. The number of hydrogen-bond acceptors (Lipinski definition) is 2. The Kier molecular flexibility index (Phi) is 4.77. The van der Waals surface area contributed by atoms with E-state index >= 15 is 0 Å². The van der Waals surface area contributed by atoms with Crippen LogP contribution in [0.5, 0.6) is 5.75 Å². The third-order valence-corrected chi connectivity index (χ3v) is 7.12. The first-order chi connectivity index (χ1) is 12.6. The SMILES string of the molecule is C=C[C@H]1C=C[C@H]2[C@@H]3C[C@H](C)CC[C@H]3[C@H](Oc3ccc(C)cc3)[C@@H]2[C@H]1C=O. The topological polar surface area (TPSA) is 26.3 Å². The van der Waals surface area contributed by atoms with Crippen LogP contribution >= 0.6 is 0 Å². The molecule has 2 heteroatoms. The van der Waals surface area contributed by atoms with Crippen molar-refractivity contribution >= 4 is 6.29 Å². The number of ether oxygens (including phenoxy) is 1. The number of hydrogen-bond donors (Lipinski definition) is 0. The largest absolute Gasteiger partial charge is 0.490 e. The number of allylic oxidation sites excluding steroid dienone is 3. The fourth-order valence-corrected chi connectivity index (χ4v) is 5.83. The molecule has 2 nitrogen and oxygen atoms in total. The van der Waals surface area contributed by atoms with Crippen LogP contribution in [-0.4, -0.2) is 12.4 Å². The molecule has 2 saturated carbocycles. The summed E-state index contributed by atoms with van der Waals surface area (Å²) < 4.78 is 6.60. The molecule has 0 unspecified atom stereocenters. The highest BCUT2D eigenvalue weighted by molar-refractivity contribution is 5.57. The van der Waals surface area contributed by atoms with E-state index in [1.165, 1.54) is 31.1 Å². The van der Waals surface area contributed by atoms with Crippen LogP contribution in [0.1, 0.15) is 31.7 Å². The van der Waals surface area contributed by atoms with Gasteiger partial charge in [-0.05, 0) is 55.6 Å². The normalized spacial score (nSPS) is 41.2. The molecule has 0 aliphatic heterocycles. The van der Waals surface area contributed by atoms with Gasteiger partial charge in [-0.25, -0.2) is 0 Å². The Labute approximate surface area is 157 Å². The second-order valence-corrected chi connectivity index (χ2v) is 8.71. The van der Waals surface area contributed by atoms with E-state index in [0.717, 1.165) is 11.7 Å². The van der Waals surface area contributed by atoms with Crippen molar-refractivity contribution in [2.75, 3.05) is 0 Å². The molecule has 1 aromatic carbocycles. The number of rotatable bonds is 4. The van der Waals surface area contributed by atoms with Gasteiger partial charge in [-0.3, -0.25) is 0 Å². The standard InChI is InChI=1S/C24H30O2/c1-4-17-8-12-19-21-13-16(3)7-11-20(21)24(23(19)22(17)14-25)26-18-9-5-15(2)6-10-18/h4-6,8-10,12,14,16-17,19-24H,1,7,11,13H2,2-3H3/t16-,17+,19+,20-,21+,22+,23+,24+/m1/s1. The van der Waals surface area contributed by atoms with Gasteiger partial charge in [0.15, 0.2) is 0 Å². The predicted molar refractivity (Wildman–Crippen MR) is 105 cm³/mol. The second kappa shape index (κ2) is 7.06. The number of fused-ring (bicyclic) bond motifs is 3. The molecule has 3 aliphatic carbocycles. The maximum Gasteiger partial charge on any atom is 0.124 e. The van der Waals surface area contributed by atoms with Gasteiger partial charge in [0, 0.05) is 17.8 Å². The molecule has 138 valence electrons. The third-order valence-electron chi connectivity index (χ3n) is 7.12. The highest BCUT2D eigenvalue weighted by atomic mass is 16.5. The van der Waals surface area contributed by atoms with Gasteiger partial charge < -0.3 is 9.53 Å². The number of aldehydes is 1. The van der Waals surface area contributed by atoms with Gasteiger partial charge in [0.1, 0.15) is 18.1 Å². The zero-order valence-electron chi connectivity index (χ0n) is 15.9. The fraction of sp³-hybridized carbons (Fsp3) is 0.542. The number of benzene rings is 1. The smallest absolute Gasteiger partial charge is 0.124 e. The van der Waals surface area contributed by atoms with Gasteiger partial charge in [0.2, 0.25) is 0 Å². The van der Waals surface area contributed by atoms with Gasteiger partial charge in [-0.1, -0.05) is 49.3 Å². The van der Waals surface area contributed by atoms with Crippen molar-refractivity contribution in [1.82, 2.24) is 0 Å². The molecular formula is C24H30O2. The molecule has 26 heavy (non-hydrogen) atoms. The third kappa shape index (κ3) is 2.94. The lowest BCUT2D eigenvalue weighted by atomic mass is 9.68. The maximum absolute atomic E-state index is 12.0. The highest BCUT2D eigenvalue weighted by Crippen LogP contribution is 2.56. The monoisotopic (exact) mass is 350 g/mol. The minimum absolute atomic E-state index is 0.0149. The lowest BCUT2D eigenvalue weighted by Gasteiger charge is -2.36. The van der Waals surface area contributed by atoms with Crippen LogP contribution in [0.25, 0.3) is 0 Å². The average Bonchev–Trinajstić information content (AvgIpc) is 2.96. The van der Waals surface area contributed by atoms with Gasteiger partial charge in [0.05, 0.1) is 0 Å². The summed E-state index contributed by atoms with van der Waals surface area (Å²) in [6, 6.07) is 8.35. The zero-order valence-corrected chi connectivity index (χ0v) is 15.9. The molecule has 4 rings (SSSR count). The average molecular weight is 351 g/mol. The summed E-state index contributed by atoms with van der Waals surface area (Å²) in [5, 5.41) is 0. The molecule has 2 fully saturated rings. The van der Waals surface area contributed by atoms with Gasteiger partial charge >= 0.3 is 0 Å². The Morgan fingerprint density at radius 1 is 1.12 bits per heavy atom. The van der Waals surface area contributed by atoms with E-state index in [1.807, 2.05) is 6.08 Å². The summed E-state index contributed by atoms with van der Waals surface area (Å²) in [4.78, 5) is 12.0. The molecule has 0 saturated heterocycles. The summed E-state index contributed by atoms with van der Waals surface area (Å²) in [6.45, 7) is 8.43. The summed E-state index contributed by atoms with van der Waals surface area (Å²) >= 11 is 0. The Hall–Kier alpha value is -1.83. The van der Waals surface area contributed by atoms with Crippen LogP contribution in [-0.2, 0) is 4.79 Å². The lowest BCUT2D eigenvalue weighted by molar-refractivity contribution is -0.115. The van der Waals surface area contributed by atoms with E-state index in [0.29, 0.717) is 17.8 Å². The molecule has 8 atom stereocenters. The van der Waals surface area contributed by atoms with Crippen LogP contribution < -0.4 is 4.74 Å². The van der Waals surface area contributed by atoms with Gasteiger partial charge in [-0.2, -0.15) is 0 Å². The minimum atomic E-state index is -0.0149. The van der Waals surface area contributed by atoms with E-state index in [9.17, 15) is 4.79 Å². The van der Waals surface area contributed by atoms with Crippen molar-refractivity contribution in [2.24, 2.45) is 41.4 Å². The Morgan fingerprint density at radius 3 is 2.58 bits per heavy atom. The Morgan fingerprint density at radius 2 is 1.88 bits per heavy atom. The van der Waals surface area contributed by atoms with Crippen LogP contribution in [0.2, 0.25) is 0 Å². The maximum atomic E-state index is 12.0. The zero-order chi connectivity index (χ0) is 18.3. The van der Waals surface area contributed by atoms with Crippen molar-refractivity contribution in [2.45, 2.75) is 39.2 Å². The van der Waals surface area contributed by atoms with Crippen molar-refractivity contribution in [3.8, 4) is 5.75 Å². The molecular weight excluding hydrogens is 320 g/mol. The quantitative estimate of drug-likeness (QED) is 0.549. The summed E-state index contributed by atoms with van der Waals surface area (Å²) in [5.74, 6) is 3.76. The molecule has 0 bridgehead atoms. The van der Waals surface area contributed by atoms with Crippen molar-refractivity contribution in [1.29, 1.82) is 0 Å². The van der Waals surface area contributed by atoms with Crippen molar-refractivity contribution in [3.05, 3.63) is 54.6 Å². The van der Waals surface area contributed by atoms with Gasteiger partial charge in [0.25, 0.3) is 0 Å². The molecule has 0 N–H and O–H groups in total. The molecule has 0 heterocycles. The first-order valence-electron chi connectivity index (χ1n) is 10.1. The lowest BCUT2D eigenvalue weighted by Crippen LogP contribution is -2.39. The summed E-state index contributed by atoms with van der Waals surface area (Å²) in [7, 11) is 0. The van der Waals surface area contributed by atoms with E-state index < -0.39 is 0 Å². The number of aryl methyl sites for hydroxylation is 1.